The van der Waals surface area contributed by atoms with Crippen molar-refractivity contribution >= 4 is 23.1 Å². The van der Waals surface area contributed by atoms with E-state index in [9.17, 15) is 22.8 Å². The van der Waals surface area contributed by atoms with Gasteiger partial charge in [0.2, 0.25) is 0 Å². The van der Waals surface area contributed by atoms with Gasteiger partial charge in [-0.3, -0.25) is 19.0 Å². The summed E-state index contributed by atoms with van der Waals surface area (Å²) in [4.78, 5) is 37.1. The average Bonchev–Trinajstić information content (AvgIpc) is 3.84. The predicted octanol–water partition coefficient (Wildman–Crippen LogP) is 7.24. The molecule has 5 aromatic rings. The van der Waals surface area contributed by atoms with Crippen molar-refractivity contribution in [3.05, 3.63) is 133 Å². The molecule has 0 aliphatic heterocycles. The van der Waals surface area contributed by atoms with Crippen molar-refractivity contribution < 1.29 is 22.8 Å². The maximum Gasteiger partial charge on any atom is 0.416 e. The van der Waals surface area contributed by atoms with Crippen LogP contribution in [0, 0.1) is 31.1 Å². The minimum Gasteiger partial charge on any atom is -0.354 e. The van der Waals surface area contributed by atoms with Crippen LogP contribution in [-0.2, 0) is 6.18 Å². The molecule has 0 unspecified atom stereocenters. The van der Waals surface area contributed by atoms with Gasteiger partial charge in [-0.15, -0.1) is 12.3 Å². The molecule has 0 radical (unpaired) electrons. The molecular weight excluding hydrogens is 669 g/mol. The van der Waals surface area contributed by atoms with Crippen LogP contribution in [0.15, 0.2) is 99.0 Å². The van der Waals surface area contributed by atoms with Gasteiger partial charge < -0.3 is 20.9 Å². The van der Waals surface area contributed by atoms with Crippen molar-refractivity contribution in [2.75, 3.05) is 19.4 Å². The average molecular weight is 713 g/mol. The molecule has 0 atom stereocenters. The number of nitrogens with two attached hydrogens (primary N) is 1. The molecule has 3 aromatic heterocycles. The number of halogens is 3. The van der Waals surface area contributed by atoms with Crippen LogP contribution in [0.4, 0.5) is 18.9 Å². The van der Waals surface area contributed by atoms with Gasteiger partial charge >= 0.3 is 6.18 Å². The van der Waals surface area contributed by atoms with Crippen molar-refractivity contribution in [3.63, 3.8) is 0 Å². The van der Waals surface area contributed by atoms with Crippen molar-refractivity contribution in [2.45, 2.75) is 40.3 Å². The zero-order valence-corrected chi connectivity index (χ0v) is 30.0. The summed E-state index contributed by atoms with van der Waals surface area (Å²) >= 11 is 0. The number of allylic oxidation sites excluding steroid dienone is 2. The van der Waals surface area contributed by atoms with E-state index in [2.05, 4.69) is 62.2 Å². The number of aryl methyl sites for hydroxylation is 1. The second-order valence-corrected chi connectivity index (χ2v) is 9.72. The second kappa shape index (κ2) is 22.3. The van der Waals surface area contributed by atoms with E-state index >= 15 is 0 Å². The Morgan fingerprint density at radius 3 is 2.29 bits per heavy atom. The smallest absolute Gasteiger partial charge is 0.354 e. The number of benzene rings is 2. The number of nitrogens with zero attached hydrogens (tertiary/aromatic N) is 5. The number of aromatic nitrogens is 5. The van der Waals surface area contributed by atoms with E-state index in [4.69, 9.17) is 6.42 Å². The van der Waals surface area contributed by atoms with Crippen LogP contribution < -0.4 is 16.4 Å². The van der Waals surface area contributed by atoms with E-state index in [0.29, 0.717) is 22.6 Å². The van der Waals surface area contributed by atoms with E-state index in [1.165, 1.54) is 37.3 Å². The molecule has 4 N–H and O–H groups in total. The van der Waals surface area contributed by atoms with Gasteiger partial charge in [0.15, 0.2) is 5.65 Å². The Morgan fingerprint density at radius 2 is 1.69 bits per heavy atom. The number of nitrogens with one attached hydrogen (secondary N) is 2. The van der Waals surface area contributed by atoms with Crippen LogP contribution in [0.2, 0.25) is 0 Å². The normalized spacial score (nSPS) is 9.56. The fraction of sp³-hybridized carbons (Fsp3) is 0.205. The van der Waals surface area contributed by atoms with Crippen LogP contribution in [0.1, 0.15) is 70.4 Å². The van der Waals surface area contributed by atoms with Gasteiger partial charge in [0.05, 0.1) is 18.0 Å². The topological polar surface area (TPSA) is 132 Å². The van der Waals surface area contributed by atoms with Crippen LogP contribution in [0.5, 0.6) is 0 Å². The highest BCUT2D eigenvalue weighted by Crippen LogP contribution is 2.32. The zero-order valence-electron chi connectivity index (χ0n) is 30.0. The molecule has 0 fully saturated rings. The number of hydrogen-bond donors (Lipinski definition) is 3. The molecule has 272 valence electrons. The van der Waals surface area contributed by atoms with Crippen LogP contribution in [-0.4, -0.2) is 49.8 Å². The summed E-state index contributed by atoms with van der Waals surface area (Å²) in [5.74, 6) is 7.29. The summed E-state index contributed by atoms with van der Waals surface area (Å²) < 4.78 is 44.1. The highest BCUT2D eigenvalue weighted by molar-refractivity contribution is 6.05. The SMILES string of the molecule is C#CCC.C=CC=C.CC.CN.CNC(=O)c1cn(-c2cc(C(=O)Nc3ccc(C)c(C#Cc4cnc5cnccn45)c3)cc(C(F)(F)F)c2)cn1. The predicted molar refractivity (Wildman–Crippen MR) is 201 cm³/mol. The molecule has 3 heterocycles. The fourth-order valence-electron chi connectivity index (χ4n) is 3.87. The van der Waals surface area contributed by atoms with E-state index in [0.717, 1.165) is 24.1 Å². The van der Waals surface area contributed by atoms with Crippen molar-refractivity contribution in [1.82, 2.24) is 29.2 Å². The fourth-order valence-corrected chi connectivity index (χ4v) is 3.87. The van der Waals surface area contributed by atoms with E-state index in [1.807, 2.05) is 27.7 Å². The molecule has 13 heteroatoms. The minimum absolute atomic E-state index is 0.0137. The van der Waals surface area contributed by atoms with E-state index < -0.39 is 23.6 Å². The summed E-state index contributed by atoms with van der Waals surface area (Å²) in [5, 5.41) is 5.05. The van der Waals surface area contributed by atoms with Crippen LogP contribution in [0.25, 0.3) is 11.3 Å². The van der Waals surface area contributed by atoms with Gasteiger partial charge in [-0.25, -0.2) is 9.97 Å². The monoisotopic (exact) mass is 712 g/mol. The summed E-state index contributed by atoms with van der Waals surface area (Å²) in [6.45, 7) is 14.5. The highest BCUT2D eigenvalue weighted by Gasteiger charge is 2.32. The standard InChI is InChI=1S/C28H20F3N7O2.2C4H6.C2H6.CH5N/c1-17-3-5-21(10-18(17)4-6-22-13-34-25-14-33-7-8-38(22)25)36-26(39)19-9-20(28(29,30)31)12-23(11-19)37-15-24(35-16-37)27(40)32-2;2*1-3-4-2;2*1-2/h3,5,7-16H,1-2H3,(H,32,40)(H,36,39);3-4H,1-2H2;1H,4H2,2H3;1-2H3;2H2,1H3. The van der Waals surface area contributed by atoms with E-state index in [1.54, 1.807) is 59.5 Å². The highest BCUT2D eigenvalue weighted by atomic mass is 19.4. The molecule has 0 saturated heterocycles. The molecular formula is C39H43F3N8O2. The maximum atomic E-state index is 13.7. The lowest BCUT2D eigenvalue weighted by atomic mass is 10.1. The Balaban J connectivity index is 0.000000996. The Bertz CT molecular complexity index is 2040. The molecule has 0 bridgehead atoms. The maximum absolute atomic E-state index is 13.7. The van der Waals surface area contributed by atoms with Gasteiger partial charge in [0.25, 0.3) is 11.8 Å². The Labute approximate surface area is 302 Å². The zero-order chi connectivity index (χ0) is 39.3. The number of hydrogen-bond acceptors (Lipinski definition) is 6. The molecule has 52 heavy (non-hydrogen) atoms. The number of carbonyl (C=O) groups excluding carboxylic acids is 2. The van der Waals surface area contributed by atoms with Gasteiger partial charge in [0.1, 0.15) is 17.7 Å². The first-order chi connectivity index (χ1) is 24.9. The summed E-state index contributed by atoms with van der Waals surface area (Å²) in [7, 11) is 2.91. The summed E-state index contributed by atoms with van der Waals surface area (Å²) in [6.07, 6.45) is 13.3. The molecule has 2 amide bonds. The molecule has 0 spiro atoms. The Hall–Kier alpha value is -6.44. The molecule has 0 aliphatic carbocycles. The van der Waals surface area contributed by atoms with Crippen LogP contribution in [0.3, 0.4) is 0 Å². The Kier molecular flexibility index (Phi) is 18.7. The summed E-state index contributed by atoms with van der Waals surface area (Å²) in [6, 6.07) is 7.96. The first-order valence-electron chi connectivity index (χ1n) is 15.9. The van der Waals surface area contributed by atoms with E-state index in [-0.39, 0.29) is 16.9 Å². The van der Waals surface area contributed by atoms with Crippen molar-refractivity contribution in [1.29, 1.82) is 0 Å². The molecule has 0 aliphatic rings. The third kappa shape index (κ3) is 12.8. The van der Waals surface area contributed by atoms with Crippen molar-refractivity contribution in [2.24, 2.45) is 5.73 Å². The molecule has 5 rings (SSSR count). The van der Waals surface area contributed by atoms with Gasteiger partial charge in [-0.2, -0.15) is 13.2 Å². The Morgan fingerprint density at radius 1 is 1.02 bits per heavy atom. The lowest BCUT2D eigenvalue weighted by Crippen LogP contribution is -2.18. The molecule has 10 nitrogen and oxygen atoms in total. The third-order valence-corrected chi connectivity index (χ3v) is 6.36. The largest absolute Gasteiger partial charge is 0.416 e. The lowest BCUT2D eigenvalue weighted by Gasteiger charge is -2.13. The second-order valence-electron chi connectivity index (χ2n) is 9.72. The number of carbonyl (C=O) groups is 2. The van der Waals surface area contributed by atoms with Gasteiger partial charge in [-0.05, 0) is 55.8 Å². The van der Waals surface area contributed by atoms with Gasteiger partial charge in [0, 0.05) is 54.6 Å². The third-order valence-electron chi connectivity index (χ3n) is 6.36. The minimum atomic E-state index is -4.71. The first kappa shape index (κ1) is 43.6. The summed E-state index contributed by atoms with van der Waals surface area (Å²) in [5.41, 5.74) is 6.37. The number of imidazole rings is 2. The number of terminal acetylenes is 1. The van der Waals surface area contributed by atoms with Crippen molar-refractivity contribution in [3.8, 4) is 29.9 Å². The number of amides is 2. The lowest BCUT2D eigenvalue weighted by molar-refractivity contribution is -0.137. The number of fused-ring (bicyclic) bond motifs is 1. The molecule has 0 saturated carbocycles. The molecule has 2 aromatic carbocycles. The number of alkyl halides is 3. The van der Waals surface area contributed by atoms with Crippen LogP contribution >= 0.6 is 0 Å². The number of rotatable bonds is 5. The van der Waals surface area contributed by atoms with Gasteiger partial charge in [-0.1, -0.05) is 58.1 Å². The first-order valence-corrected chi connectivity index (χ1v) is 15.9. The quantitative estimate of drug-likeness (QED) is 0.130. The number of anilines is 1.